The number of rotatable bonds is 0. The molecule has 0 spiro atoms. The molecule has 12 heavy (non-hydrogen) atoms. The van der Waals surface area contributed by atoms with Crippen molar-refractivity contribution in [3.05, 3.63) is 0 Å². The fourth-order valence-corrected chi connectivity index (χ4v) is 2.86. The van der Waals surface area contributed by atoms with E-state index >= 15 is 0 Å². The summed E-state index contributed by atoms with van der Waals surface area (Å²) in [6.45, 7) is 0.539. The van der Waals surface area contributed by atoms with Crippen LogP contribution in [-0.4, -0.2) is 37.0 Å². The highest BCUT2D eigenvalue weighted by Crippen LogP contribution is 2.55. The Morgan fingerprint density at radius 3 is 2.75 bits per heavy atom. The number of fused-ring (bicyclic) bond motifs is 8. The highest BCUT2D eigenvalue weighted by atomic mass is 16.7. The molecule has 0 aromatic carbocycles. The Morgan fingerprint density at radius 2 is 1.83 bits per heavy atom. The molecule has 0 amide bonds. The number of ether oxygens (including phenoxy) is 3. The van der Waals surface area contributed by atoms with Gasteiger partial charge in [-0.2, -0.15) is 0 Å². The van der Waals surface area contributed by atoms with E-state index in [-0.39, 0.29) is 42.2 Å². The molecule has 0 N–H and O–H groups in total. The molecule has 4 fully saturated rings. The number of esters is 1. The van der Waals surface area contributed by atoms with E-state index in [0.717, 1.165) is 0 Å². The van der Waals surface area contributed by atoms with Crippen LogP contribution in [0.25, 0.3) is 0 Å². The predicted molar refractivity (Wildman–Crippen MR) is 35.3 cm³/mol. The SMILES string of the molecule is O=C1OC[C@@H]2[C@H]3O[C@@H]([C@@H]4O[C@@H]43)[C@H]12. The highest BCUT2D eigenvalue weighted by Gasteiger charge is 2.72. The molecule has 4 nitrogen and oxygen atoms in total. The van der Waals surface area contributed by atoms with E-state index in [4.69, 9.17) is 14.2 Å². The maximum absolute atomic E-state index is 11.3. The van der Waals surface area contributed by atoms with Crippen molar-refractivity contribution in [2.24, 2.45) is 11.8 Å². The van der Waals surface area contributed by atoms with Crippen molar-refractivity contribution in [1.29, 1.82) is 0 Å². The second-order valence-electron chi connectivity index (χ2n) is 3.95. The van der Waals surface area contributed by atoms with Crippen molar-refractivity contribution in [3.8, 4) is 0 Å². The molecule has 4 heterocycles. The molecular weight excluding hydrogens is 160 g/mol. The molecule has 0 unspecified atom stereocenters. The van der Waals surface area contributed by atoms with Gasteiger partial charge in [0.25, 0.3) is 0 Å². The van der Waals surface area contributed by atoms with Crippen molar-refractivity contribution in [2.45, 2.75) is 24.4 Å². The Hall–Kier alpha value is -0.610. The van der Waals surface area contributed by atoms with Gasteiger partial charge in [-0.25, -0.2) is 0 Å². The molecule has 4 heteroatoms. The van der Waals surface area contributed by atoms with Gasteiger partial charge in [0.2, 0.25) is 0 Å². The van der Waals surface area contributed by atoms with Gasteiger partial charge in [-0.1, -0.05) is 0 Å². The summed E-state index contributed by atoms with van der Waals surface area (Å²) in [6, 6.07) is 0. The summed E-state index contributed by atoms with van der Waals surface area (Å²) in [5.41, 5.74) is 0. The summed E-state index contributed by atoms with van der Waals surface area (Å²) in [5.74, 6) is 0.187. The lowest BCUT2D eigenvalue weighted by Gasteiger charge is -2.11. The summed E-state index contributed by atoms with van der Waals surface area (Å²) >= 11 is 0. The molecule has 0 aromatic heterocycles. The largest absolute Gasteiger partial charge is 0.465 e. The monoisotopic (exact) mass is 168 g/mol. The lowest BCUT2D eigenvalue weighted by molar-refractivity contribution is -0.145. The Bertz CT molecular complexity index is 274. The van der Waals surface area contributed by atoms with E-state index in [1.807, 2.05) is 0 Å². The first kappa shape index (κ1) is 5.94. The Morgan fingerprint density at radius 1 is 1.08 bits per heavy atom. The van der Waals surface area contributed by atoms with Crippen molar-refractivity contribution >= 4 is 5.97 Å². The van der Waals surface area contributed by atoms with Crippen molar-refractivity contribution < 1.29 is 19.0 Å². The summed E-state index contributed by atoms with van der Waals surface area (Å²) in [5, 5.41) is 0. The normalized spacial score (nSPS) is 64.5. The molecule has 64 valence electrons. The van der Waals surface area contributed by atoms with Crippen LogP contribution in [0.2, 0.25) is 0 Å². The minimum atomic E-state index is -0.0820. The third kappa shape index (κ3) is 0.448. The standard InChI is InChI=1S/C8H8O4/c9-8-3-2(1-10-8)4-6-7(12-6)5(3)11-4/h2-7H,1H2/t2-,3+,4+,5+,6+,7-/m0/s1. The van der Waals surface area contributed by atoms with Crippen LogP contribution in [0.1, 0.15) is 0 Å². The zero-order chi connectivity index (χ0) is 7.87. The molecule has 0 saturated carbocycles. The third-order valence-electron chi connectivity index (χ3n) is 3.45. The average molecular weight is 168 g/mol. The molecule has 4 aliphatic heterocycles. The molecule has 0 aliphatic carbocycles. The number of carbonyl (C=O) groups is 1. The first-order chi connectivity index (χ1) is 5.86. The van der Waals surface area contributed by atoms with Crippen LogP contribution in [-0.2, 0) is 19.0 Å². The number of carbonyl (C=O) groups excluding carboxylic acids is 1. The third-order valence-corrected chi connectivity index (χ3v) is 3.45. The second-order valence-corrected chi connectivity index (χ2v) is 3.95. The fourth-order valence-electron chi connectivity index (χ4n) is 2.86. The van der Waals surface area contributed by atoms with Gasteiger partial charge < -0.3 is 14.2 Å². The van der Waals surface area contributed by atoms with Gasteiger partial charge in [0, 0.05) is 5.92 Å². The Labute approximate surface area is 68.8 Å². The lowest BCUT2D eigenvalue weighted by Crippen LogP contribution is -2.33. The van der Waals surface area contributed by atoms with Gasteiger partial charge in [0.15, 0.2) is 0 Å². The zero-order valence-electron chi connectivity index (χ0n) is 6.30. The summed E-state index contributed by atoms with van der Waals surface area (Å²) in [7, 11) is 0. The molecule has 0 aromatic rings. The number of epoxide rings is 1. The molecule has 4 saturated heterocycles. The van der Waals surface area contributed by atoms with Crippen LogP contribution in [0.15, 0.2) is 0 Å². The summed E-state index contributed by atoms with van der Waals surface area (Å²) in [4.78, 5) is 11.3. The molecule has 4 aliphatic rings. The summed E-state index contributed by atoms with van der Waals surface area (Å²) < 4.78 is 16.0. The van der Waals surface area contributed by atoms with Gasteiger partial charge in [-0.3, -0.25) is 4.79 Å². The van der Waals surface area contributed by atoms with E-state index in [2.05, 4.69) is 0 Å². The van der Waals surface area contributed by atoms with Gasteiger partial charge in [0.05, 0.1) is 18.6 Å². The second kappa shape index (κ2) is 1.54. The minimum Gasteiger partial charge on any atom is -0.465 e. The van der Waals surface area contributed by atoms with Crippen LogP contribution in [0.3, 0.4) is 0 Å². The molecule has 2 bridgehead atoms. The maximum Gasteiger partial charge on any atom is 0.312 e. The zero-order valence-corrected chi connectivity index (χ0v) is 6.30. The molecule has 0 radical (unpaired) electrons. The van der Waals surface area contributed by atoms with Crippen LogP contribution < -0.4 is 0 Å². The van der Waals surface area contributed by atoms with E-state index in [9.17, 15) is 4.79 Å². The Balaban J connectivity index is 1.80. The van der Waals surface area contributed by atoms with E-state index in [1.54, 1.807) is 0 Å². The van der Waals surface area contributed by atoms with E-state index < -0.39 is 0 Å². The van der Waals surface area contributed by atoms with Gasteiger partial charge in [-0.15, -0.1) is 0 Å². The smallest absolute Gasteiger partial charge is 0.312 e. The van der Waals surface area contributed by atoms with Gasteiger partial charge >= 0.3 is 5.97 Å². The van der Waals surface area contributed by atoms with E-state index in [1.165, 1.54) is 0 Å². The molecular formula is C8H8O4. The summed E-state index contributed by atoms with van der Waals surface area (Å²) in [6.07, 6.45) is 0.657. The van der Waals surface area contributed by atoms with Crippen LogP contribution in [0, 0.1) is 11.8 Å². The number of hydrogen-bond acceptors (Lipinski definition) is 4. The van der Waals surface area contributed by atoms with Crippen LogP contribution in [0.4, 0.5) is 0 Å². The minimum absolute atomic E-state index is 0.0139. The molecule has 4 rings (SSSR count). The van der Waals surface area contributed by atoms with Crippen LogP contribution >= 0.6 is 0 Å². The highest BCUT2D eigenvalue weighted by molar-refractivity contribution is 5.77. The lowest BCUT2D eigenvalue weighted by atomic mass is 9.81. The average Bonchev–Trinajstić information content (AvgIpc) is 2.50. The van der Waals surface area contributed by atoms with Gasteiger partial charge in [0.1, 0.15) is 18.3 Å². The maximum atomic E-state index is 11.3. The van der Waals surface area contributed by atoms with Crippen molar-refractivity contribution in [1.82, 2.24) is 0 Å². The van der Waals surface area contributed by atoms with Crippen molar-refractivity contribution in [3.63, 3.8) is 0 Å². The quantitative estimate of drug-likeness (QED) is 0.355. The number of cyclic esters (lactones) is 1. The topological polar surface area (TPSA) is 48.1 Å². The predicted octanol–water partition coefficient (Wildman–Crippen LogP) is -0.676. The van der Waals surface area contributed by atoms with Gasteiger partial charge in [-0.05, 0) is 0 Å². The first-order valence-electron chi connectivity index (χ1n) is 4.34. The van der Waals surface area contributed by atoms with Crippen molar-refractivity contribution in [2.75, 3.05) is 6.61 Å². The van der Waals surface area contributed by atoms with Crippen LogP contribution in [0.5, 0.6) is 0 Å². The molecule has 6 atom stereocenters. The fraction of sp³-hybridized carbons (Fsp3) is 0.875. The number of hydrogen-bond donors (Lipinski definition) is 0. The van der Waals surface area contributed by atoms with E-state index in [0.29, 0.717) is 6.61 Å². The Kier molecular flexibility index (Phi) is 0.762. The first-order valence-corrected chi connectivity index (χ1v) is 4.34.